The number of ether oxygens (including phenoxy) is 2. The van der Waals surface area contributed by atoms with E-state index in [4.69, 9.17) is 9.47 Å². The lowest BCUT2D eigenvalue weighted by molar-refractivity contribution is -0.146. The third-order valence-electron chi connectivity index (χ3n) is 11.7. The van der Waals surface area contributed by atoms with Crippen LogP contribution in [-0.2, 0) is 19.1 Å². The summed E-state index contributed by atoms with van der Waals surface area (Å²) >= 11 is 0. The molecule has 5 N–H and O–H groups in total. The number of carbonyl (C=O) groups is 3. The highest BCUT2D eigenvalue weighted by Crippen LogP contribution is 2.53. The quantitative estimate of drug-likeness (QED) is 0.105. The molecule has 0 amide bonds. The number of nitrogens with one attached hydrogen (secondary N) is 4. The molecule has 0 aromatic carbocycles. The number of aliphatic hydroxyl groups excluding tert-OH is 1. The van der Waals surface area contributed by atoms with Crippen LogP contribution in [0.2, 0.25) is 0 Å². The minimum Gasteiger partial charge on any atom is -0.468 e. The Balaban J connectivity index is 1.56. The molecule has 2 saturated heterocycles. The number of aromatic amines is 2. The number of hydrogen-bond acceptors (Lipinski definition) is 8. The second kappa shape index (κ2) is 14.2. The van der Waals surface area contributed by atoms with Crippen LogP contribution in [0.25, 0.3) is 23.8 Å². The molecule has 0 saturated carbocycles. The zero-order chi connectivity index (χ0) is 36.9. The van der Waals surface area contributed by atoms with Crippen molar-refractivity contribution in [3.63, 3.8) is 0 Å². The number of Topliss-reactive ketones (excluding diaryl/α,β-unsaturated/α-hetero) is 1. The van der Waals surface area contributed by atoms with E-state index in [1.54, 1.807) is 6.92 Å². The minimum absolute atomic E-state index is 0.0233. The fraction of sp³-hybridized carbons (Fsp3) is 0.488. The molecule has 4 aliphatic rings. The second-order valence-corrected chi connectivity index (χ2v) is 14.6. The predicted octanol–water partition coefficient (Wildman–Crippen LogP) is 7.25. The van der Waals surface area contributed by atoms with Gasteiger partial charge in [0.05, 0.1) is 24.6 Å². The molecule has 1 unspecified atom stereocenters. The highest BCUT2D eigenvalue weighted by atomic mass is 16.5. The molecule has 3 aliphatic heterocycles. The van der Waals surface area contributed by atoms with E-state index < -0.39 is 18.0 Å². The summed E-state index contributed by atoms with van der Waals surface area (Å²) in [7, 11) is 1.34. The SMILES string of the molecule is CC/C(C)=C/COC(=O)CC[C@@H]1/C2=C3/c4[nH]c(c(C)c4C(O)[C@@H]3C(=O)OC)/C=C3\N/C(=C\c4[nH]c(c(C)c4C(C)=O)/C=C(\N2)[C@H]1C)[C@H](C)[C@H]3CC. The lowest BCUT2D eigenvalue weighted by atomic mass is 9.84. The maximum Gasteiger partial charge on any atom is 0.316 e. The Morgan fingerprint density at radius 2 is 1.53 bits per heavy atom. The summed E-state index contributed by atoms with van der Waals surface area (Å²) in [5.41, 5.74) is 11.7. The van der Waals surface area contributed by atoms with Crippen molar-refractivity contribution in [1.82, 2.24) is 20.6 Å². The first-order chi connectivity index (χ1) is 24.3. The number of rotatable bonds is 9. The minimum atomic E-state index is -1.12. The molecule has 2 aromatic heterocycles. The van der Waals surface area contributed by atoms with Crippen molar-refractivity contribution in [2.45, 2.75) is 87.2 Å². The van der Waals surface area contributed by atoms with E-state index in [1.807, 2.05) is 32.9 Å². The van der Waals surface area contributed by atoms with Crippen molar-refractivity contribution in [3.05, 3.63) is 79.5 Å². The molecule has 8 bridgehead atoms. The second-order valence-electron chi connectivity index (χ2n) is 14.6. The largest absolute Gasteiger partial charge is 0.468 e. The van der Waals surface area contributed by atoms with Crippen LogP contribution in [0.15, 0.2) is 34.4 Å². The van der Waals surface area contributed by atoms with Crippen LogP contribution in [0.5, 0.6) is 0 Å². The Kier molecular flexibility index (Phi) is 10.1. The van der Waals surface area contributed by atoms with Gasteiger partial charge in [-0.2, -0.15) is 0 Å². The van der Waals surface area contributed by atoms with Gasteiger partial charge in [-0.05, 0) is 82.4 Å². The number of H-pyrrole nitrogens is 2. The molecule has 2 fully saturated rings. The van der Waals surface area contributed by atoms with Crippen LogP contribution < -0.4 is 10.6 Å². The summed E-state index contributed by atoms with van der Waals surface area (Å²) in [6, 6.07) is 0. The number of allylic oxidation sites excluding steroid dienone is 5. The van der Waals surface area contributed by atoms with Gasteiger partial charge in [-0.15, -0.1) is 0 Å². The summed E-state index contributed by atoms with van der Waals surface area (Å²) in [5, 5.41) is 19.2. The number of carbonyl (C=O) groups excluding carboxylic acids is 3. The van der Waals surface area contributed by atoms with Gasteiger partial charge in [-0.3, -0.25) is 14.4 Å². The fourth-order valence-corrected chi connectivity index (χ4v) is 8.49. The van der Waals surface area contributed by atoms with Gasteiger partial charge in [0, 0.05) is 81.0 Å². The fourth-order valence-electron chi connectivity index (χ4n) is 8.49. The Morgan fingerprint density at radius 3 is 2.20 bits per heavy atom. The van der Waals surface area contributed by atoms with E-state index in [-0.39, 0.29) is 48.5 Å². The van der Waals surface area contributed by atoms with E-state index in [0.29, 0.717) is 28.8 Å². The Morgan fingerprint density at radius 1 is 0.882 bits per heavy atom. The first-order valence-corrected chi connectivity index (χ1v) is 18.3. The van der Waals surface area contributed by atoms with Crippen molar-refractivity contribution in [1.29, 1.82) is 0 Å². The third-order valence-corrected chi connectivity index (χ3v) is 11.7. The first kappa shape index (κ1) is 36.2. The number of fused-ring (bicyclic) bond motifs is 7. The van der Waals surface area contributed by atoms with E-state index in [9.17, 15) is 19.5 Å². The molecule has 51 heavy (non-hydrogen) atoms. The van der Waals surface area contributed by atoms with Crippen LogP contribution in [0, 0.1) is 43.4 Å². The van der Waals surface area contributed by atoms with E-state index in [1.165, 1.54) is 7.11 Å². The van der Waals surface area contributed by atoms with Crippen LogP contribution in [-0.4, -0.2) is 46.5 Å². The zero-order valence-corrected chi connectivity index (χ0v) is 31.3. The molecule has 5 heterocycles. The molecule has 10 nitrogen and oxygen atoms in total. The average molecular weight is 697 g/mol. The summed E-state index contributed by atoms with van der Waals surface area (Å²) in [6.07, 6.45) is 9.44. The predicted molar refractivity (Wildman–Crippen MR) is 198 cm³/mol. The molecule has 1 aliphatic carbocycles. The van der Waals surface area contributed by atoms with Crippen LogP contribution in [0.4, 0.5) is 0 Å². The standard InChI is InChI=1S/C41H52N4O6/c1-10-19(3)14-15-51-33(47)13-12-26-21(5)28-16-29-22(6)34(24(8)46)32(43-29)18-27-20(4)25(11-2)31(42-27)17-30-23(7)35-39(45-30)36(38(26)44-28)37(40(35)48)41(49)50-9/h14,16-18,20-21,25-26,37,40,42-45,48H,10-13,15H2,1-9H3/b19-14+,27-18-,28-16-,31-17-,38-36-/t20-,21+,25-,26+,37-,40?/m1/s1. The van der Waals surface area contributed by atoms with E-state index >= 15 is 0 Å². The number of methoxy groups -OCH3 is 1. The highest BCUT2D eigenvalue weighted by molar-refractivity contribution is 6.00. The van der Waals surface area contributed by atoms with Crippen LogP contribution >= 0.6 is 0 Å². The lowest BCUT2D eigenvalue weighted by Crippen LogP contribution is -2.24. The molecule has 2 aromatic rings. The molecule has 6 atom stereocenters. The number of esters is 2. The van der Waals surface area contributed by atoms with Crippen molar-refractivity contribution in [2.24, 2.45) is 29.6 Å². The number of hydrogen-bond donors (Lipinski definition) is 5. The molecule has 6 rings (SSSR count). The van der Waals surface area contributed by atoms with Gasteiger partial charge in [0.25, 0.3) is 0 Å². The van der Waals surface area contributed by atoms with Crippen LogP contribution in [0.3, 0.4) is 0 Å². The highest BCUT2D eigenvalue weighted by Gasteiger charge is 2.48. The molecule has 10 heteroatoms. The normalized spacial score (nSPS) is 29.7. The van der Waals surface area contributed by atoms with Crippen molar-refractivity contribution in [2.75, 3.05) is 13.7 Å². The smallest absolute Gasteiger partial charge is 0.316 e. The third kappa shape index (κ3) is 6.32. The van der Waals surface area contributed by atoms with Gasteiger partial charge >= 0.3 is 11.9 Å². The first-order valence-electron chi connectivity index (χ1n) is 18.3. The molecule has 0 spiro atoms. The van der Waals surface area contributed by atoms with Crippen molar-refractivity contribution >= 4 is 41.5 Å². The number of aromatic nitrogens is 2. The van der Waals surface area contributed by atoms with Gasteiger partial charge in [0.15, 0.2) is 5.78 Å². The van der Waals surface area contributed by atoms with E-state index in [2.05, 4.69) is 60.4 Å². The van der Waals surface area contributed by atoms with Gasteiger partial charge < -0.3 is 35.2 Å². The van der Waals surface area contributed by atoms with Gasteiger partial charge in [0.2, 0.25) is 0 Å². The van der Waals surface area contributed by atoms with Gasteiger partial charge in [-0.25, -0.2) is 0 Å². The molecular formula is C41H52N4O6. The maximum absolute atomic E-state index is 13.5. The zero-order valence-electron chi connectivity index (χ0n) is 31.3. The average Bonchev–Trinajstić information content (AvgIpc) is 3.84. The van der Waals surface area contributed by atoms with Crippen LogP contribution in [0.1, 0.15) is 123 Å². The lowest BCUT2D eigenvalue weighted by Gasteiger charge is -2.21. The summed E-state index contributed by atoms with van der Waals surface area (Å²) in [6.45, 7) is 16.3. The number of ketones is 1. The topological polar surface area (TPSA) is 146 Å². The monoisotopic (exact) mass is 696 g/mol. The maximum atomic E-state index is 13.5. The van der Waals surface area contributed by atoms with Gasteiger partial charge in [0.1, 0.15) is 12.5 Å². The Hall–Kier alpha value is -4.57. The summed E-state index contributed by atoms with van der Waals surface area (Å²) < 4.78 is 10.9. The number of aliphatic hydroxyl groups is 1. The van der Waals surface area contributed by atoms with Gasteiger partial charge in [-0.1, -0.05) is 33.3 Å². The Bertz CT molecular complexity index is 1930. The Labute approximate surface area is 300 Å². The van der Waals surface area contributed by atoms with E-state index in [0.717, 1.165) is 69.4 Å². The summed E-state index contributed by atoms with van der Waals surface area (Å²) in [5.74, 6) is -1.76. The molecular weight excluding hydrogens is 644 g/mol. The molecule has 0 radical (unpaired) electrons. The van der Waals surface area contributed by atoms with Crippen molar-refractivity contribution in [3.8, 4) is 0 Å². The molecule has 272 valence electrons. The van der Waals surface area contributed by atoms with Crippen molar-refractivity contribution < 1.29 is 29.0 Å². The summed E-state index contributed by atoms with van der Waals surface area (Å²) in [4.78, 5) is 46.8.